The Morgan fingerprint density at radius 3 is 2.66 bits per heavy atom. The van der Waals surface area contributed by atoms with Crippen LogP contribution in [0.3, 0.4) is 0 Å². The first-order valence-corrected chi connectivity index (χ1v) is 10.7. The van der Waals surface area contributed by atoms with Gasteiger partial charge in [0.1, 0.15) is 11.2 Å². The summed E-state index contributed by atoms with van der Waals surface area (Å²) >= 11 is 0. The maximum absolute atomic E-state index is 12.9. The van der Waals surface area contributed by atoms with Crippen LogP contribution in [-0.4, -0.2) is 45.9 Å². The van der Waals surface area contributed by atoms with E-state index in [1.54, 1.807) is 7.11 Å². The largest absolute Gasteiger partial charge is 0.444 e. The Balaban J connectivity index is 1.97. The fraction of sp³-hybridized carbons (Fsp3) is 0.652. The van der Waals surface area contributed by atoms with Gasteiger partial charge in [-0.05, 0) is 63.1 Å². The van der Waals surface area contributed by atoms with Crippen molar-refractivity contribution in [3.8, 4) is 0 Å². The standard InChI is InChI=1S/C23H35N3O3/c1-16(2)19-10-11-24-21-20(19)17(14-25(21)12-7-13-28-6)15-26(18-8-9-18)22(27)29-23(3,4)5/h10-11,14,16,18H,7-9,12-13,15H2,1-6H3. The van der Waals surface area contributed by atoms with Gasteiger partial charge in [-0.15, -0.1) is 0 Å². The highest BCUT2D eigenvalue weighted by molar-refractivity contribution is 5.85. The Bertz CT molecular complexity index is 847. The average Bonchev–Trinajstić information content (AvgIpc) is 3.41. The molecule has 0 unspecified atom stereocenters. The van der Waals surface area contributed by atoms with Gasteiger partial charge in [0, 0.05) is 44.1 Å². The van der Waals surface area contributed by atoms with Crippen molar-refractivity contribution in [3.05, 3.63) is 29.6 Å². The molecule has 160 valence electrons. The van der Waals surface area contributed by atoms with Crippen LogP contribution >= 0.6 is 0 Å². The van der Waals surface area contributed by atoms with Crippen molar-refractivity contribution in [2.75, 3.05) is 13.7 Å². The Morgan fingerprint density at radius 1 is 1.34 bits per heavy atom. The molecule has 2 heterocycles. The van der Waals surface area contributed by atoms with E-state index in [-0.39, 0.29) is 12.1 Å². The lowest BCUT2D eigenvalue weighted by molar-refractivity contribution is 0.0217. The van der Waals surface area contributed by atoms with E-state index in [9.17, 15) is 4.79 Å². The molecule has 6 heteroatoms. The molecule has 0 aromatic carbocycles. The molecule has 29 heavy (non-hydrogen) atoms. The van der Waals surface area contributed by atoms with Crippen molar-refractivity contribution in [3.63, 3.8) is 0 Å². The second kappa shape index (κ2) is 8.74. The number of pyridine rings is 1. The number of ether oxygens (including phenoxy) is 2. The topological polar surface area (TPSA) is 56.6 Å². The van der Waals surface area contributed by atoms with Gasteiger partial charge in [-0.25, -0.2) is 9.78 Å². The first-order valence-electron chi connectivity index (χ1n) is 10.7. The lowest BCUT2D eigenvalue weighted by Crippen LogP contribution is -2.37. The predicted octanol–water partition coefficient (Wildman–Crippen LogP) is 5.10. The van der Waals surface area contributed by atoms with Gasteiger partial charge >= 0.3 is 6.09 Å². The number of hydrogen-bond donors (Lipinski definition) is 0. The zero-order valence-electron chi connectivity index (χ0n) is 18.7. The van der Waals surface area contributed by atoms with Gasteiger partial charge in [0.2, 0.25) is 0 Å². The van der Waals surface area contributed by atoms with E-state index >= 15 is 0 Å². The van der Waals surface area contributed by atoms with Crippen LogP contribution in [-0.2, 0) is 22.6 Å². The van der Waals surface area contributed by atoms with Crippen LogP contribution < -0.4 is 0 Å². The van der Waals surface area contributed by atoms with Crippen LogP contribution in [0, 0.1) is 0 Å². The van der Waals surface area contributed by atoms with Crippen LogP contribution in [0.15, 0.2) is 18.5 Å². The summed E-state index contributed by atoms with van der Waals surface area (Å²) in [7, 11) is 1.72. The zero-order chi connectivity index (χ0) is 21.2. The molecule has 1 aliphatic rings. The van der Waals surface area contributed by atoms with E-state index < -0.39 is 5.60 Å². The summed E-state index contributed by atoms with van der Waals surface area (Å²) in [6.45, 7) is 12.3. The normalized spacial score (nSPS) is 14.6. The third-order valence-corrected chi connectivity index (χ3v) is 5.19. The van der Waals surface area contributed by atoms with Crippen LogP contribution in [0.2, 0.25) is 0 Å². The van der Waals surface area contributed by atoms with Crippen molar-refractivity contribution in [1.82, 2.24) is 14.5 Å². The number of carbonyl (C=O) groups is 1. The minimum atomic E-state index is -0.497. The minimum absolute atomic E-state index is 0.227. The number of methoxy groups -OCH3 is 1. The zero-order valence-corrected chi connectivity index (χ0v) is 18.7. The Labute approximate surface area is 174 Å². The molecule has 1 amide bonds. The van der Waals surface area contributed by atoms with Gasteiger partial charge in [-0.3, -0.25) is 0 Å². The molecule has 0 bridgehead atoms. The second-order valence-corrected chi connectivity index (χ2v) is 9.29. The quantitative estimate of drug-likeness (QED) is 0.578. The molecule has 0 spiro atoms. The van der Waals surface area contributed by atoms with E-state index in [4.69, 9.17) is 9.47 Å². The average molecular weight is 402 g/mol. The van der Waals surface area contributed by atoms with Gasteiger partial charge < -0.3 is 18.9 Å². The Morgan fingerprint density at radius 2 is 2.07 bits per heavy atom. The number of hydrogen-bond acceptors (Lipinski definition) is 4. The molecular weight excluding hydrogens is 366 g/mol. The van der Waals surface area contributed by atoms with Crippen LogP contribution in [0.25, 0.3) is 11.0 Å². The maximum atomic E-state index is 12.9. The number of aryl methyl sites for hydroxylation is 1. The van der Waals surface area contributed by atoms with E-state index in [0.29, 0.717) is 19.1 Å². The highest BCUT2D eigenvalue weighted by atomic mass is 16.6. The first-order chi connectivity index (χ1) is 13.7. The van der Waals surface area contributed by atoms with E-state index in [1.165, 1.54) is 10.9 Å². The fourth-order valence-electron chi connectivity index (χ4n) is 3.71. The molecule has 1 fully saturated rings. The van der Waals surface area contributed by atoms with Crippen molar-refractivity contribution in [2.45, 2.75) is 84.5 Å². The van der Waals surface area contributed by atoms with Gasteiger partial charge in [0.05, 0.1) is 6.54 Å². The van der Waals surface area contributed by atoms with Gasteiger partial charge in [-0.2, -0.15) is 0 Å². The van der Waals surface area contributed by atoms with E-state index in [2.05, 4.69) is 35.7 Å². The highest BCUT2D eigenvalue weighted by Crippen LogP contribution is 2.34. The molecule has 0 radical (unpaired) electrons. The molecule has 3 rings (SSSR count). The smallest absolute Gasteiger partial charge is 0.410 e. The molecule has 0 atom stereocenters. The fourth-order valence-corrected chi connectivity index (χ4v) is 3.71. The molecule has 0 N–H and O–H groups in total. The number of carbonyl (C=O) groups excluding carboxylic acids is 1. The first kappa shape index (κ1) is 21.6. The highest BCUT2D eigenvalue weighted by Gasteiger charge is 2.36. The molecule has 2 aromatic rings. The van der Waals surface area contributed by atoms with E-state index in [0.717, 1.165) is 37.0 Å². The second-order valence-electron chi connectivity index (χ2n) is 9.29. The van der Waals surface area contributed by atoms with Crippen molar-refractivity contribution < 1.29 is 14.3 Å². The third-order valence-electron chi connectivity index (χ3n) is 5.19. The predicted molar refractivity (Wildman–Crippen MR) is 115 cm³/mol. The lowest BCUT2D eigenvalue weighted by Gasteiger charge is -2.27. The molecular formula is C23H35N3O3. The summed E-state index contributed by atoms with van der Waals surface area (Å²) in [5.74, 6) is 0.380. The maximum Gasteiger partial charge on any atom is 0.410 e. The monoisotopic (exact) mass is 401 g/mol. The molecule has 1 aliphatic carbocycles. The number of aromatic nitrogens is 2. The molecule has 0 aliphatic heterocycles. The molecule has 0 saturated heterocycles. The summed E-state index contributed by atoms with van der Waals surface area (Å²) in [4.78, 5) is 19.5. The molecule has 2 aromatic heterocycles. The van der Waals surface area contributed by atoms with Gasteiger partial charge in [-0.1, -0.05) is 13.8 Å². The number of rotatable bonds is 8. The van der Waals surface area contributed by atoms with Crippen molar-refractivity contribution >= 4 is 17.1 Å². The van der Waals surface area contributed by atoms with Crippen molar-refractivity contribution in [1.29, 1.82) is 0 Å². The van der Waals surface area contributed by atoms with Crippen molar-refractivity contribution in [2.24, 2.45) is 0 Å². The van der Waals surface area contributed by atoms with Gasteiger partial charge in [0.25, 0.3) is 0 Å². The molecule has 1 saturated carbocycles. The van der Waals surface area contributed by atoms with Crippen LogP contribution in [0.1, 0.15) is 70.9 Å². The summed E-state index contributed by atoms with van der Waals surface area (Å²) in [5.41, 5.74) is 2.91. The molecule has 6 nitrogen and oxygen atoms in total. The minimum Gasteiger partial charge on any atom is -0.444 e. The Hall–Kier alpha value is -2.08. The third kappa shape index (κ3) is 5.30. The van der Waals surface area contributed by atoms with Gasteiger partial charge in [0.15, 0.2) is 0 Å². The van der Waals surface area contributed by atoms with Crippen LogP contribution in [0.5, 0.6) is 0 Å². The number of amides is 1. The number of nitrogens with zero attached hydrogens (tertiary/aromatic N) is 3. The summed E-state index contributed by atoms with van der Waals surface area (Å²) in [5, 5.41) is 1.18. The SMILES string of the molecule is COCCCn1cc(CN(C(=O)OC(C)(C)C)C2CC2)c2c(C(C)C)ccnc21. The summed E-state index contributed by atoms with van der Waals surface area (Å²) < 4.78 is 13.1. The Kier molecular flexibility index (Phi) is 6.52. The summed E-state index contributed by atoms with van der Waals surface area (Å²) in [6, 6.07) is 2.38. The lowest BCUT2D eigenvalue weighted by atomic mass is 9.99. The van der Waals surface area contributed by atoms with E-state index in [1.807, 2.05) is 31.9 Å². The van der Waals surface area contributed by atoms with Crippen LogP contribution in [0.4, 0.5) is 4.79 Å². The summed E-state index contributed by atoms with van der Waals surface area (Å²) in [6.07, 6.45) is 6.84. The number of fused-ring (bicyclic) bond motifs is 1.